The molecule has 0 radical (unpaired) electrons. The molecule has 0 bridgehead atoms. The Kier molecular flexibility index (Phi) is 10.1. The molecule has 0 atom stereocenters. The molecule has 9 aromatic carbocycles. The van der Waals surface area contributed by atoms with Gasteiger partial charge in [0.25, 0.3) is 0 Å². The van der Waals surface area contributed by atoms with Gasteiger partial charge in [-0.1, -0.05) is 249 Å². The maximum Gasteiger partial charge on any atom is 0.164 e. The van der Waals surface area contributed by atoms with E-state index in [0.717, 1.165) is 100 Å². The van der Waals surface area contributed by atoms with Crippen LogP contribution in [0.5, 0.6) is 0 Å². The molecule has 0 amide bonds. The Morgan fingerprint density at radius 1 is 0.254 bits per heavy atom. The fourth-order valence-corrected chi connectivity index (χ4v) is 9.43. The van der Waals surface area contributed by atoms with Crippen LogP contribution in [0.2, 0.25) is 0 Å². The summed E-state index contributed by atoms with van der Waals surface area (Å²) in [5.74, 6) is 1.81. The van der Waals surface area contributed by atoms with Crippen LogP contribution in [-0.4, -0.2) is 24.6 Å². The van der Waals surface area contributed by atoms with Gasteiger partial charge in [-0.15, -0.1) is 0 Å². The first kappa shape index (κ1) is 39.5. The Bertz CT molecular complexity index is 3600. The average Bonchev–Trinajstić information content (AvgIpc) is 3.82. The Balaban J connectivity index is 1.08. The topological polar surface area (TPSA) is 56.0 Å². The first-order valence-electron chi connectivity index (χ1n) is 22.6. The molecule has 5 nitrogen and oxygen atoms in total. The van der Waals surface area contributed by atoms with Crippen LogP contribution in [0.4, 0.5) is 0 Å². The highest BCUT2D eigenvalue weighted by atomic mass is 15.2. The summed E-state index contributed by atoms with van der Waals surface area (Å²) in [6.07, 6.45) is 0. The van der Waals surface area contributed by atoms with Gasteiger partial charge in [-0.05, 0) is 38.8 Å². The normalized spacial score (nSPS) is 11.3. The Hall–Kier alpha value is -9.06. The maximum atomic E-state index is 5.56. The van der Waals surface area contributed by atoms with E-state index < -0.39 is 0 Å². The van der Waals surface area contributed by atoms with E-state index in [1.54, 1.807) is 0 Å². The van der Waals surface area contributed by atoms with Crippen LogP contribution in [0.25, 0.3) is 117 Å². The van der Waals surface area contributed by atoms with Crippen molar-refractivity contribution in [3.63, 3.8) is 0 Å². The Morgan fingerprint density at radius 3 is 1.15 bits per heavy atom. The van der Waals surface area contributed by atoms with Gasteiger partial charge in [0.2, 0.25) is 0 Å². The number of hydrogen-bond acceptors (Lipinski definition) is 4. The molecule has 3 heterocycles. The molecule has 3 aromatic heterocycles. The fraction of sp³-hybridized carbons (Fsp3) is 0. The van der Waals surface area contributed by atoms with Gasteiger partial charge in [0.05, 0.1) is 11.2 Å². The predicted molar refractivity (Wildman–Crippen MR) is 275 cm³/mol. The van der Waals surface area contributed by atoms with Crippen LogP contribution < -0.4 is 0 Å². The van der Waals surface area contributed by atoms with Crippen molar-refractivity contribution in [2.24, 2.45) is 0 Å². The molecular formula is C62H41N5. The molecule has 12 aromatic rings. The van der Waals surface area contributed by atoms with Crippen LogP contribution in [0.1, 0.15) is 0 Å². The van der Waals surface area contributed by atoms with Gasteiger partial charge < -0.3 is 0 Å². The van der Waals surface area contributed by atoms with Gasteiger partial charge in [0.15, 0.2) is 17.5 Å². The summed E-state index contributed by atoms with van der Waals surface area (Å²) in [6, 6.07) is 86.8. The van der Waals surface area contributed by atoms with Crippen molar-refractivity contribution in [1.29, 1.82) is 0 Å². The number of pyridine rings is 1. The van der Waals surface area contributed by atoms with Gasteiger partial charge in [-0.2, -0.15) is 5.10 Å². The molecule has 0 spiro atoms. The number of nitrogens with zero attached hydrogens (tertiary/aromatic N) is 5. The monoisotopic (exact) mass is 855 g/mol. The van der Waals surface area contributed by atoms with Crippen LogP contribution >= 0.6 is 0 Å². The molecule has 67 heavy (non-hydrogen) atoms. The SMILES string of the molecule is c1ccc(-c2ccccc2-c2nc(-c3ccc(-c4c(-c5ccccc5)n5nc(-c6ccccc6)c(-c6ccccc6)c5c5ccccc45)cc3)nc(-c3ccccc3-c3ccccc3)n2)cc1. The van der Waals surface area contributed by atoms with Gasteiger partial charge in [0.1, 0.15) is 5.69 Å². The maximum absolute atomic E-state index is 5.56. The van der Waals surface area contributed by atoms with Crippen LogP contribution in [-0.2, 0) is 0 Å². The van der Waals surface area contributed by atoms with E-state index in [1.165, 1.54) is 0 Å². The molecule has 314 valence electrons. The summed E-state index contributed by atoms with van der Waals surface area (Å²) >= 11 is 0. The molecule has 0 saturated heterocycles. The minimum Gasteiger partial charge on any atom is -0.231 e. The molecule has 12 rings (SSSR count). The molecule has 0 aliphatic heterocycles. The Morgan fingerprint density at radius 2 is 0.627 bits per heavy atom. The zero-order valence-corrected chi connectivity index (χ0v) is 36.4. The van der Waals surface area contributed by atoms with E-state index in [0.29, 0.717) is 17.5 Å². The smallest absolute Gasteiger partial charge is 0.164 e. The van der Waals surface area contributed by atoms with Gasteiger partial charge in [0, 0.05) is 44.3 Å². The highest BCUT2D eigenvalue weighted by Crippen LogP contribution is 2.46. The lowest BCUT2D eigenvalue weighted by Gasteiger charge is -2.18. The van der Waals surface area contributed by atoms with Crippen LogP contribution in [0.3, 0.4) is 0 Å². The van der Waals surface area contributed by atoms with E-state index in [-0.39, 0.29) is 0 Å². The molecule has 0 saturated carbocycles. The second-order valence-electron chi connectivity index (χ2n) is 16.6. The molecule has 0 aliphatic carbocycles. The third kappa shape index (κ3) is 7.25. The molecule has 5 heteroatoms. The molecule has 0 fully saturated rings. The van der Waals surface area contributed by atoms with Crippen molar-refractivity contribution in [2.45, 2.75) is 0 Å². The molecule has 0 N–H and O–H groups in total. The standard InChI is InChI=1S/C62H41N5/c1-6-22-42(23-7-1)49-32-16-20-36-53(49)61-63-60(64-62(65-61)54-37-21-17-33-50(54)43-24-8-2-9-25-43)48-40-38-45(39-41-48)55-51-34-18-19-35-52(51)59-56(44-26-10-3-11-27-44)57(46-28-12-4-13-29-46)66-67(59)58(55)47-30-14-5-15-31-47/h1-41H. The van der Waals surface area contributed by atoms with E-state index >= 15 is 0 Å². The summed E-state index contributed by atoms with van der Waals surface area (Å²) in [7, 11) is 0. The molecular weight excluding hydrogens is 815 g/mol. The average molecular weight is 856 g/mol. The van der Waals surface area contributed by atoms with E-state index in [1.807, 2.05) is 24.3 Å². The van der Waals surface area contributed by atoms with E-state index in [4.69, 9.17) is 20.1 Å². The van der Waals surface area contributed by atoms with Crippen molar-refractivity contribution in [2.75, 3.05) is 0 Å². The number of fused-ring (bicyclic) bond motifs is 3. The highest BCUT2D eigenvalue weighted by Gasteiger charge is 2.26. The Labute approximate surface area is 389 Å². The number of hydrogen-bond donors (Lipinski definition) is 0. The summed E-state index contributed by atoms with van der Waals surface area (Å²) in [5, 5.41) is 7.82. The minimum atomic E-state index is 0.591. The second-order valence-corrected chi connectivity index (χ2v) is 16.6. The zero-order valence-electron chi connectivity index (χ0n) is 36.4. The van der Waals surface area contributed by atoms with Gasteiger partial charge in [-0.25, -0.2) is 19.5 Å². The third-order valence-corrected chi connectivity index (χ3v) is 12.5. The summed E-state index contributed by atoms with van der Waals surface area (Å²) in [4.78, 5) is 15.8. The number of benzene rings is 9. The fourth-order valence-electron chi connectivity index (χ4n) is 9.43. The van der Waals surface area contributed by atoms with Crippen LogP contribution in [0.15, 0.2) is 249 Å². The summed E-state index contributed by atoms with van der Waals surface area (Å²) in [6.45, 7) is 0. The van der Waals surface area contributed by atoms with Crippen molar-refractivity contribution in [1.82, 2.24) is 24.6 Å². The first-order chi connectivity index (χ1) is 33.3. The lowest BCUT2D eigenvalue weighted by molar-refractivity contribution is 0.981. The van der Waals surface area contributed by atoms with Crippen molar-refractivity contribution < 1.29 is 0 Å². The van der Waals surface area contributed by atoms with Crippen molar-refractivity contribution >= 4 is 16.3 Å². The molecule has 0 unspecified atom stereocenters. The van der Waals surface area contributed by atoms with Gasteiger partial charge in [-0.3, -0.25) is 0 Å². The largest absolute Gasteiger partial charge is 0.231 e. The highest BCUT2D eigenvalue weighted by molar-refractivity contribution is 6.15. The lowest BCUT2D eigenvalue weighted by Crippen LogP contribution is -2.02. The predicted octanol–water partition coefficient (Wildman–Crippen LogP) is 15.7. The summed E-state index contributed by atoms with van der Waals surface area (Å²) < 4.78 is 2.18. The number of aromatic nitrogens is 5. The van der Waals surface area contributed by atoms with E-state index in [2.05, 4.69) is 229 Å². The number of rotatable bonds is 9. The summed E-state index contributed by atoms with van der Waals surface area (Å²) in [5.41, 5.74) is 16.6. The van der Waals surface area contributed by atoms with Crippen LogP contribution in [0, 0.1) is 0 Å². The van der Waals surface area contributed by atoms with Crippen molar-refractivity contribution in [3.05, 3.63) is 249 Å². The van der Waals surface area contributed by atoms with Crippen molar-refractivity contribution in [3.8, 4) is 101 Å². The quantitative estimate of drug-likeness (QED) is 0.145. The zero-order chi connectivity index (χ0) is 44.5. The lowest BCUT2D eigenvalue weighted by atomic mass is 9.91. The molecule has 0 aliphatic rings. The first-order valence-corrected chi connectivity index (χ1v) is 22.6. The third-order valence-electron chi connectivity index (χ3n) is 12.5. The second kappa shape index (κ2) is 17.1. The minimum absolute atomic E-state index is 0.591. The van der Waals surface area contributed by atoms with Gasteiger partial charge >= 0.3 is 0 Å². The van der Waals surface area contributed by atoms with E-state index in [9.17, 15) is 0 Å².